The fourth-order valence-corrected chi connectivity index (χ4v) is 2.42. The van der Waals surface area contributed by atoms with E-state index in [1.54, 1.807) is 0 Å². The van der Waals surface area contributed by atoms with Crippen LogP contribution < -0.4 is 0 Å². The third-order valence-electron chi connectivity index (χ3n) is 3.66. The second-order valence-corrected chi connectivity index (χ2v) is 5.38. The van der Waals surface area contributed by atoms with Gasteiger partial charge in [-0.25, -0.2) is 0 Å². The summed E-state index contributed by atoms with van der Waals surface area (Å²) < 4.78 is 2.05. The number of benzene rings is 1. The molecule has 0 N–H and O–H groups in total. The normalized spacial score (nSPS) is 14.3. The van der Waals surface area contributed by atoms with E-state index in [0.29, 0.717) is 6.42 Å². The summed E-state index contributed by atoms with van der Waals surface area (Å²) in [5, 5.41) is 13.2. The Bertz CT molecular complexity index is 630. The van der Waals surface area contributed by atoms with Gasteiger partial charge in [-0.05, 0) is 42.4 Å². The summed E-state index contributed by atoms with van der Waals surface area (Å²) in [4.78, 5) is 0. The lowest BCUT2D eigenvalue weighted by Crippen LogP contribution is -1.99. The Hall–Kier alpha value is -2.08. The molecular weight excluding hydrogens is 234 g/mol. The fourth-order valence-electron chi connectivity index (χ4n) is 2.42. The van der Waals surface area contributed by atoms with Gasteiger partial charge in [-0.3, -0.25) is 4.68 Å². The van der Waals surface area contributed by atoms with Gasteiger partial charge in [0.15, 0.2) is 0 Å². The molecule has 0 unspecified atom stereocenters. The van der Waals surface area contributed by atoms with Crippen LogP contribution in [0.2, 0.25) is 0 Å². The van der Waals surface area contributed by atoms with E-state index >= 15 is 0 Å². The second-order valence-electron chi connectivity index (χ2n) is 5.38. The topological polar surface area (TPSA) is 41.6 Å². The molecule has 1 saturated carbocycles. The van der Waals surface area contributed by atoms with Crippen LogP contribution in [0.3, 0.4) is 0 Å². The van der Waals surface area contributed by atoms with E-state index in [1.807, 2.05) is 12.3 Å². The molecule has 3 rings (SSSR count). The van der Waals surface area contributed by atoms with Crippen molar-refractivity contribution in [3.8, 4) is 17.2 Å². The quantitative estimate of drug-likeness (QED) is 0.836. The van der Waals surface area contributed by atoms with Gasteiger partial charge in [0, 0.05) is 18.3 Å². The molecule has 19 heavy (non-hydrogen) atoms. The zero-order valence-electron chi connectivity index (χ0n) is 11.1. The summed E-state index contributed by atoms with van der Waals surface area (Å²) in [6.07, 6.45) is 7.23. The summed E-state index contributed by atoms with van der Waals surface area (Å²) in [7, 11) is 0. The molecule has 1 heterocycles. The third kappa shape index (κ3) is 2.68. The molecule has 1 aliphatic carbocycles. The van der Waals surface area contributed by atoms with Crippen LogP contribution in [0, 0.1) is 24.2 Å². The van der Waals surface area contributed by atoms with Crippen LogP contribution in [-0.4, -0.2) is 9.78 Å². The number of hydrogen-bond acceptors (Lipinski definition) is 2. The van der Waals surface area contributed by atoms with Crippen molar-refractivity contribution in [1.29, 1.82) is 5.26 Å². The zero-order valence-corrected chi connectivity index (χ0v) is 11.1. The van der Waals surface area contributed by atoms with Gasteiger partial charge in [0.1, 0.15) is 0 Å². The van der Waals surface area contributed by atoms with Gasteiger partial charge < -0.3 is 0 Å². The molecule has 1 aromatic carbocycles. The molecule has 1 aromatic heterocycles. The van der Waals surface area contributed by atoms with Gasteiger partial charge in [-0.1, -0.05) is 18.2 Å². The van der Waals surface area contributed by atoms with Crippen LogP contribution in [0.4, 0.5) is 0 Å². The van der Waals surface area contributed by atoms with E-state index in [2.05, 4.69) is 41.1 Å². The minimum Gasteiger partial charge on any atom is -0.272 e. The predicted molar refractivity (Wildman–Crippen MR) is 74.4 cm³/mol. The van der Waals surface area contributed by atoms with Gasteiger partial charge in [0.2, 0.25) is 0 Å². The number of rotatable bonds is 4. The van der Waals surface area contributed by atoms with Crippen LogP contribution in [0.15, 0.2) is 30.6 Å². The molecule has 0 radical (unpaired) electrons. The minimum atomic E-state index is 0.474. The molecule has 0 atom stereocenters. The summed E-state index contributed by atoms with van der Waals surface area (Å²) in [5.74, 6) is 0.840. The number of aromatic nitrogens is 2. The maximum atomic E-state index is 8.73. The van der Waals surface area contributed by atoms with Gasteiger partial charge in [0.05, 0.1) is 18.7 Å². The predicted octanol–water partition coefficient (Wildman–Crippen LogP) is 3.33. The first-order chi connectivity index (χ1) is 9.26. The lowest BCUT2D eigenvalue weighted by Gasteiger charge is -2.05. The Morgan fingerprint density at radius 3 is 2.95 bits per heavy atom. The van der Waals surface area contributed by atoms with Gasteiger partial charge in [-0.15, -0.1) is 0 Å². The molecule has 1 aliphatic rings. The van der Waals surface area contributed by atoms with Crippen molar-refractivity contribution < 1.29 is 0 Å². The molecule has 0 spiro atoms. The maximum Gasteiger partial charge on any atom is 0.0669 e. The fraction of sp³-hybridized carbons (Fsp3) is 0.375. The van der Waals surface area contributed by atoms with E-state index < -0.39 is 0 Å². The van der Waals surface area contributed by atoms with Crippen molar-refractivity contribution in [3.05, 3.63) is 41.7 Å². The highest BCUT2D eigenvalue weighted by Gasteiger charge is 2.22. The number of nitrogens with zero attached hydrogens (tertiary/aromatic N) is 3. The van der Waals surface area contributed by atoms with Crippen LogP contribution in [0.25, 0.3) is 11.1 Å². The Morgan fingerprint density at radius 2 is 2.26 bits per heavy atom. The lowest BCUT2D eigenvalue weighted by molar-refractivity contribution is 0.563. The van der Waals surface area contributed by atoms with Gasteiger partial charge in [-0.2, -0.15) is 10.4 Å². The summed E-state index contributed by atoms with van der Waals surface area (Å²) in [6.45, 7) is 3.14. The van der Waals surface area contributed by atoms with Crippen molar-refractivity contribution in [1.82, 2.24) is 9.78 Å². The zero-order chi connectivity index (χ0) is 13.2. The SMILES string of the molecule is Cc1cc(CC#N)ccc1-c1cnn(CC2CC2)c1. The molecule has 3 heteroatoms. The smallest absolute Gasteiger partial charge is 0.0669 e. The van der Waals surface area contributed by atoms with E-state index in [-0.39, 0.29) is 0 Å². The van der Waals surface area contributed by atoms with Crippen LogP contribution in [-0.2, 0) is 13.0 Å². The highest BCUT2D eigenvalue weighted by atomic mass is 15.3. The molecule has 0 bridgehead atoms. The lowest BCUT2D eigenvalue weighted by atomic mass is 10.00. The van der Waals surface area contributed by atoms with Crippen LogP contribution in [0.1, 0.15) is 24.0 Å². The van der Waals surface area contributed by atoms with Crippen molar-refractivity contribution in [3.63, 3.8) is 0 Å². The first kappa shape index (κ1) is 12.0. The average Bonchev–Trinajstić information content (AvgIpc) is 3.07. The molecule has 0 amide bonds. The van der Waals surface area contributed by atoms with Gasteiger partial charge >= 0.3 is 0 Å². The number of nitriles is 1. The molecule has 3 nitrogen and oxygen atoms in total. The van der Waals surface area contributed by atoms with Crippen molar-refractivity contribution in [2.45, 2.75) is 32.7 Å². The van der Waals surface area contributed by atoms with Gasteiger partial charge in [0.25, 0.3) is 0 Å². The Balaban J connectivity index is 1.84. The summed E-state index contributed by atoms with van der Waals surface area (Å²) in [6, 6.07) is 8.41. The maximum absolute atomic E-state index is 8.73. The molecule has 0 saturated heterocycles. The first-order valence-corrected chi connectivity index (χ1v) is 6.75. The van der Waals surface area contributed by atoms with Crippen molar-refractivity contribution >= 4 is 0 Å². The summed E-state index contributed by atoms with van der Waals surface area (Å²) in [5.41, 5.74) is 4.67. The summed E-state index contributed by atoms with van der Waals surface area (Å²) >= 11 is 0. The molecule has 0 aliphatic heterocycles. The average molecular weight is 251 g/mol. The second kappa shape index (κ2) is 4.89. The monoisotopic (exact) mass is 251 g/mol. The molecule has 1 fully saturated rings. The third-order valence-corrected chi connectivity index (χ3v) is 3.66. The largest absolute Gasteiger partial charge is 0.272 e. The van der Waals surface area contributed by atoms with E-state index in [1.165, 1.54) is 29.5 Å². The number of aryl methyl sites for hydroxylation is 1. The molecule has 2 aromatic rings. The van der Waals surface area contributed by atoms with E-state index in [0.717, 1.165) is 18.0 Å². The van der Waals surface area contributed by atoms with E-state index in [4.69, 9.17) is 5.26 Å². The Kier molecular flexibility index (Phi) is 3.08. The van der Waals surface area contributed by atoms with E-state index in [9.17, 15) is 0 Å². The molecule has 96 valence electrons. The standard InChI is InChI=1S/C16H17N3/c1-12-8-13(6-7-17)4-5-16(12)15-9-18-19(11-15)10-14-2-3-14/h4-5,8-9,11,14H,2-3,6,10H2,1H3. The van der Waals surface area contributed by atoms with Crippen molar-refractivity contribution in [2.75, 3.05) is 0 Å². The highest BCUT2D eigenvalue weighted by Crippen LogP contribution is 2.31. The first-order valence-electron chi connectivity index (χ1n) is 6.75. The minimum absolute atomic E-state index is 0.474. The highest BCUT2D eigenvalue weighted by molar-refractivity contribution is 5.66. The van der Waals surface area contributed by atoms with Crippen LogP contribution in [0.5, 0.6) is 0 Å². The molecular formula is C16H17N3. The van der Waals surface area contributed by atoms with Crippen molar-refractivity contribution in [2.24, 2.45) is 5.92 Å². The Morgan fingerprint density at radius 1 is 1.42 bits per heavy atom. The Labute approximate surface area is 113 Å². The number of hydrogen-bond donors (Lipinski definition) is 0. The van der Waals surface area contributed by atoms with Crippen LogP contribution >= 0.6 is 0 Å².